The largest absolute Gasteiger partial charge is 0.544 e. The van der Waals surface area contributed by atoms with Crippen molar-refractivity contribution in [2.75, 3.05) is 0 Å². The molecule has 0 aliphatic rings. The zero-order valence-corrected chi connectivity index (χ0v) is 10.2. The van der Waals surface area contributed by atoms with E-state index in [0.717, 1.165) is 12.2 Å². The van der Waals surface area contributed by atoms with Gasteiger partial charge < -0.3 is 4.43 Å². The van der Waals surface area contributed by atoms with E-state index in [0.29, 0.717) is 0 Å². The second-order valence-corrected chi connectivity index (χ2v) is 8.74. The van der Waals surface area contributed by atoms with Gasteiger partial charge in [-0.05, 0) is 37.7 Å². The van der Waals surface area contributed by atoms with Gasteiger partial charge in [-0.1, -0.05) is 24.3 Å². The van der Waals surface area contributed by atoms with E-state index in [1.807, 2.05) is 24.3 Å². The lowest BCUT2D eigenvalue weighted by molar-refractivity contribution is 0.551. The summed E-state index contributed by atoms with van der Waals surface area (Å²) in [4.78, 5) is 0. The predicted octanol–water partition coefficient (Wildman–Crippen LogP) is 3.63. The molecule has 0 amide bonds. The van der Waals surface area contributed by atoms with Crippen molar-refractivity contribution < 1.29 is 4.43 Å². The summed E-state index contributed by atoms with van der Waals surface area (Å²) in [5.41, 5.74) is 1.23. The van der Waals surface area contributed by atoms with Gasteiger partial charge in [0.15, 0.2) is 0 Å². The van der Waals surface area contributed by atoms with Crippen molar-refractivity contribution in [1.29, 1.82) is 0 Å². The van der Waals surface area contributed by atoms with Crippen LogP contribution >= 0.6 is 0 Å². The third-order valence-electron chi connectivity index (χ3n) is 1.75. The molecule has 0 aliphatic carbocycles. The summed E-state index contributed by atoms with van der Waals surface area (Å²) in [6.45, 7) is 10.3. The van der Waals surface area contributed by atoms with E-state index in [1.165, 1.54) is 5.56 Å². The van der Waals surface area contributed by atoms with Gasteiger partial charge in [0.05, 0.1) is 0 Å². The minimum Gasteiger partial charge on any atom is -0.544 e. The quantitative estimate of drug-likeness (QED) is 0.540. The molecular formula is C12H18OSi. The van der Waals surface area contributed by atoms with Crippen molar-refractivity contribution in [3.63, 3.8) is 0 Å². The zero-order chi connectivity index (χ0) is 10.6. The lowest BCUT2D eigenvalue weighted by atomic mass is 10.1. The van der Waals surface area contributed by atoms with Crippen molar-refractivity contribution in [2.45, 2.75) is 26.1 Å². The second-order valence-electron chi connectivity index (χ2n) is 4.31. The van der Waals surface area contributed by atoms with Crippen molar-refractivity contribution in [3.8, 4) is 5.75 Å². The minimum absolute atomic E-state index is 0.876. The number of hydrogen-bond donors (Lipinski definition) is 0. The zero-order valence-electron chi connectivity index (χ0n) is 9.21. The Kier molecular flexibility index (Phi) is 3.53. The van der Waals surface area contributed by atoms with Gasteiger partial charge in [0.25, 0.3) is 0 Å². The van der Waals surface area contributed by atoms with E-state index in [1.54, 1.807) is 0 Å². The maximum Gasteiger partial charge on any atom is 0.242 e. The van der Waals surface area contributed by atoms with Crippen LogP contribution in [-0.4, -0.2) is 8.32 Å². The van der Waals surface area contributed by atoms with E-state index in [9.17, 15) is 0 Å². The average molecular weight is 206 g/mol. The van der Waals surface area contributed by atoms with Gasteiger partial charge in [-0.2, -0.15) is 0 Å². The summed E-state index contributed by atoms with van der Waals surface area (Å²) in [7, 11) is -1.49. The third kappa shape index (κ3) is 3.38. The Balaban J connectivity index is 2.89. The molecule has 0 aliphatic heterocycles. The van der Waals surface area contributed by atoms with E-state index >= 15 is 0 Å². The smallest absolute Gasteiger partial charge is 0.242 e. The van der Waals surface area contributed by atoms with Crippen LogP contribution in [0.3, 0.4) is 0 Å². The molecule has 1 aromatic carbocycles. The molecule has 0 heterocycles. The van der Waals surface area contributed by atoms with Gasteiger partial charge in [0.1, 0.15) is 5.75 Å². The fourth-order valence-corrected chi connectivity index (χ4v) is 2.12. The van der Waals surface area contributed by atoms with Crippen LogP contribution in [0.25, 0.3) is 0 Å². The summed E-state index contributed by atoms with van der Waals surface area (Å²) in [5.74, 6) is 1.02. The molecule has 0 unspecified atom stereocenters. The van der Waals surface area contributed by atoms with Crippen molar-refractivity contribution in [1.82, 2.24) is 0 Å². The second kappa shape index (κ2) is 4.47. The molecule has 0 fully saturated rings. The van der Waals surface area contributed by atoms with Crippen LogP contribution in [0.15, 0.2) is 36.9 Å². The number of benzene rings is 1. The van der Waals surface area contributed by atoms with Gasteiger partial charge in [-0.15, -0.1) is 6.58 Å². The van der Waals surface area contributed by atoms with Crippen LogP contribution < -0.4 is 4.43 Å². The Hall–Kier alpha value is -1.02. The van der Waals surface area contributed by atoms with Crippen molar-refractivity contribution >= 4 is 8.32 Å². The van der Waals surface area contributed by atoms with Gasteiger partial charge in [0.2, 0.25) is 8.32 Å². The van der Waals surface area contributed by atoms with Gasteiger partial charge in [0, 0.05) is 0 Å². The van der Waals surface area contributed by atoms with Crippen molar-refractivity contribution in [3.05, 3.63) is 42.5 Å². The van der Waals surface area contributed by atoms with Crippen LogP contribution in [0.4, 0.5) is 0 Å². The highest BCUT2D eigenvalue weighted by Gasteiger charge is 2.17. The van der Waals surface area contributed by atoms with Crippen LogP contribution in [-0.2, 0) is 6.42 Å². The molecule has 0 bridgehead atoms. The number of para-hydroxylation sites is 1. The molecular weight excluding hydrogens is 188 g/mol. The van der Waals surface area contributed by atoms with E-state index < -0.39 is 8.32 Å². The maximum absolute atomic E-state index is 5.98. The van der Waals surface area contributed by atoms with Crippen LogP contribution in [0.1, 0.15) is 5.56 Å². The molecule has 1 aromatic rings. The van der Waals surface area contributed by atoms with Crippen molar-refractivity contribution in [2.24, 2.45) is 0 Å². The molecule has 1 nitrogen and oxygen atoms in total. The summed E-state index contributed by atoms with van der Waals surface area (Å²) >= 11 is 0. The first kappa shape index (κ1) is 11.1. The normalized spacial score (nSPS) is 11.1. The lowest BCUT2D eigenvalue weighted by Gasteiger charge is -2.21. The Morgan fingerprint density at radius 3 is 2.50 bits per heavy atom. The fourth-order valence-electron chi connectivity index (χ4n) is 1.26. The third-order valence-corrected chi connectivity index (χ3v) is 2.59. The molecule has 1 rings (SSSR count). The molecule has 0 spiro atoms. The summed E-state index contributed by atoms with van der Waals surface area (Å²) in [6, 6.07) is 8.19. The Morgan fingerprint density at radius 1 is 1.29 bits per heavy atom. The highest BCUT2D eigenvalue weighted by Crippen LogP contribution is 2.22. The van der Waals surface area contributed by atoms with E-state index in [4.69, 9.17) is 4.43 Å². The van der Waals surface area contributed by atoms with Gasteiger partial charge in [-0.3, -0.25) is 0 Å². The Morgan fingerprint density at radius 2 is 1.93 bits per heavy atom. The first-order valence-electron chi connectivity index (χ1n) is 4.91. The molecule has 0 N–H and O–H groups in total. The molecule has 0 radical (unpaired) electrons. The van der Waals surface area contributed by atoms with Crippen LogP contribution in [0.2, 0.25) is 19.6 Å². The van der Waals surface area contributed by atoms with Gasteiger partial charge in [-0.25, -0.2) is 0 Å². The lowest BCUT2D eigenvalue weighted by Crippen LogP contribution is -2.29. The molecule has 2 heteroatoms. The summed E-state index contributed by atoms with van der Waals surface area (Å²) in [6.07, 6.45) is 2.78. The Labute approximate surface area is 87.5 Å². The average Bonchev–Trinajstić information content (AvgIpc) is 2.06. The summed E-state index contributed by atoms with van der Waals surface area (Å²) in [5, 5.41) is 0. The van der Waals surface area contributed by atoms with E-state index in [2.05, 4.69) is 32.3 Å². The molecule has 0 aromatic heterocycles. The van der Waals surface area contributed by atoms with Gasteiger partial charge >= 0.3 is 0 Å². The molecule has 0 saturated heterocycles. The highest BCUT2D eigenvalue weighted by molar-refractivity contribution is 6.70. The van der Waals surface area contributed by atoms with E-state index in [-0.39, 0.29) is 0 Å². The standard InChI is InChI=1S/C12H18OSi/c1-5-8-11-9-6-7-10-12(11)13-14(2,3)4/h5-7,9-10H,1,8H2,2-4H3. The number of hydrogen-bond acceptors (Lipinski definition) is 1. The first-order valence-corrected chi connectivity index (χ1v) is 8.31. The molecule has 0 atom stereocenters. The molecule has 0 saturated carbocycles. The topological polar surface area (TPSA) is 9.23 Å². The molecule has 14 heavy (non-hydrogen) atoms. The maximum atomic E-state index is 5.98. The number of allylic oxidation sites excluding steroid dienone is 1. The molecule has 76 valence electrons. The SMILES string of the molecule is C=CCc1ccccc1O[Si](C)(C)C. The predicted molar refractivity (Wildman–Crippen MR) is 64.3 cm³/mol. The number of rotatable bonds is 4. The highest BCUT2D eigenvalue weighted by atomic mass is 28.4. The monoisotopic (exact) mass is 206 g/mol. The minimum atomic E-state index is -1.49. The Bertz CT molecular complexity index is 312. The van der Waals surface area contributed by atoms with Crippen LogP contribution in [0.5, 0.6) is 5.75 Å². The summed E-state index contributed by atoms with van der Waals surface area (Å²) < 4.78 is 5.98. The fraction of sp³-hybridized carbons (Fsp3) is 0.333. The first-order chi connectivity index (χ1) is 6.53. The van der Waals surface area contributed by atoms with Crippen LogP contribution in [0, 0.1) is 0 Å².